The van der Waals surface area contributed by atoms with Gasteiger partial charge in [-0.3, -0.25) is 34.9 Å². The zero-order valence-electron chi connectivity index (χ0n) is 74.3. The zero-order valence-corrected chi connectivity index (χ0v) is 74.3. The summed E-state index contributed by atoms with van der Waals surface area (Å²) in [5, 5.41) is 20.9. The summed E-state index contributed by atoms with van der Waals surface area (Å²) in [6.07, 6.45) is 16.8. The normalized spacial score (nSPS) is 11.5. The molecule has 0 aliphatic rings. The number of aromatic nitrogens is 13. The van der Waals surface area contributed by atoms with Crippen LogP contribution < -0.4 is 0 Å². The molecule has 0 fully saturated rings. The molecule has 0 aliphatic carbocycles. The molecule has 0 aliphatic heterocycles. The van der Waals surface area contributed by atoms with Crippen molar-refractivity contribution in [1.82, 2.24) is 64.8 Å². The van der Waals surface area contributed by atoms with Gasteiger partial charge in [0.05, 0.1) is 61.6 Å². The van der Waals surface area contributed by atoms with Gasteiger partial charge < -0.3 is 0 Å². The fourth-order valence-electron chi connectivity index (χ4n) is 19.6. The van der Waals surface area contributed by atoms with Crippen molar-refractivity contribution in [3.05, 3.63) is 468 Å². The molecule has 27 rings (SSSR count). The average Bonchev–Trinajstić information content (AvgIpc) is 0.733. The lowest BCUT2D eigenvalue weighted by molar-refractivity contribution is 1.07. The Morgan fingerprint density at radius 3 is 0.877 bits per heavy atom. The van der Waals surface area contributed by atoms with E-state index in [1.54, 1.807) is 0 Å². The Morgan fingerprint density at radius 2 is 0.449 bits per heavy atom. The molecule has 0 N–H and O–H groups in total. The topological polar surface area (TPSA) is 168 Å². The van der Waals surface area contributed by atoms with Gasteiger partial charge in [-0.1, -0.05) is 273 Å². The first kappa shape index (κ1) is 81.2. The van der Waals surface area contributed by atoms with Gasteiger partial charge in [-0.2, -0.15) is 0 Å². The molecule has 13 nitrogen and oxygen atoms in total. The second-order valence-corrected chi connectivity index (χ2v) is 34.4. The van der Waals surface area contributed by atoms with Crippen LogP contribution in [0.5, 0.6) is 0 Å². The standard InChI is InChI=1S/2C42H26N4.C41H25N5/c1-2-10-33-29(9-1)26-45-39-20-19-35-40(41(33)39)34-11-3-4-14-38(34)46-42(35)28-17-15-27(16-18-28)30-23-31(36-12-5-7-21-43-36)25-32(24-30)37-13-6-8-22-44-37;1-2-6-35-31(5-1)26-45-39-14-13-37-40(41(35)39)36-7-3-4-8-38(36)46-42(37)30-11-9-27(10-12-30)32-23-33(28-15-19-43-20-16-28)25-34(24-32)29-17-21-44-22-18-29;1-3-10-28(11-4-1)39-44-40(29-12-5-2-6-13-29)46-41(45-39)30-19-17-27(18-20-30)38-33-23-21-26-22-24-34-31(15-9-25-42-34)36(26)37(33)32-14-7-8-16-35(32)43-38/h2*1-26H;1-25H. The maximum Gasteiger partial charge on any atom is 0.164 e. The summed E-state index contributed by atoms with van der Waals surface area (Å²) in [6, 6.07) is 143. The van der Waals surface area contributed by atoms with E-state index in [9.17, 15) is 0 Å². The lowest BCUT2D eigenvalue weighted by atomic mass is 9.92. The van der Waals surface area contributed by atoms with E-state index in [4.69, 9.17) is 39.9 Å². The molecule has 642 valence electrons. The van der Waals surface area contributed by atoms with Crippen LogP contribution in [0, 0.1) is 0 Å². The van der Waals surface area contributed by atoms with Crippen LogP contribution in [-0.4, -0.2) is 64.8 Å². The number of para-hydroxylation sites is 3. The van der Waals surface area contributed by atoms with Crippen LogP contribution >= 0.6 is 0 Å². The first-order chi connectivity index (χ1) is 68.4. The fourth-order valence-corrected chi connectivity index (χ4v) is 19.6. The predicted octanol–water partition coefficient (Wildman–Crippen LogP) is 31.0. The maximum atomic E-state index is 5.24. The highest BCUT2D eigenvalue weighted by Crippen LogP contribution is 2.46. The number of nitrogens with zero attached hydrogens (tertiary/aromatic N) is 13. The van der Waals surface area contributed by atoms with Crippen molar-refractivity contribution < 1.29 is 0 Å². The third-order valence-corrected chi connectivity index (χ3v) is 26.2. The fraction of sp³-hybridized carbons (Fsp3) is 0. The lowest BCUT2D eigenvalue weighted by Gasteiger charge is -2.14. The molecule has 27 aromatic rings. The molecule has 11 heterocycles. The number of rotatable bonds is 12. The zero-order chi connectivity index (χ0) is 91.4. The summed E-state index contributed by atoms with van der Waals surface area (Å²) in [5.74, 6) is 1.91. The Morgan fingerprint density at radius 1 is 0.138 bits per heavy atom. The molecule has 0 amide bonds. The van der Waals surface area contributed by atoms with Crippen molar-refractivity contribution in [1.29, 1.82) is 0 Å². The SMILES string of the molecule is c1ccc(-c2cc(-c3ccc(-c4nc5ccccc5c5c4ccc4ncc6ccccc6c45)cc3)cc(-c3ccccn3)c2)nc1.c1ccc(-c2nc(-c3ccccc3)nc(-c3ccc(-c4nc5ccccc5c5c4ccc4ccc6ncccc6c45)cc3)n2)cc1.c1ccc2c(c1)cnc1ccc3c(-c4ccc(-c5cc(-c6ccncc6)cc(-c6ccncc6)c5)cc4)nc4ccccc4c3c12. The summed E-state index contributed by atoms with van der Waals surface area (Å²) in [6.45, 7) is 0. The molecule has 16 aromatic carbocycles. The Bertz CT molecular complexity index is 8380. The van der Waals surface area contributed by atoms with Gasteiger partial charge in [0.25, 0.3) is 0 Å². The number of hydrogen-bond acceptors (Lipinski definition) is 13. The molecule has 0 unspecified atom stereocenters. The first-order valence-electron chi connectivity index (χ1n) is 46.0. The van der Waals surface area contributed by atoms with Crippen LogP contribution in [-0.2, 0) is 0 Å². The molecule has 0 radical (unpaired) electrons. The Kier molecular flexibility index (Phi) is 20.6. The van der Waals surface area contributed by atoms with Gasteiger partial charge in [-0.25, -0.2) is 29.9 Å². The van der Waals surface area contributed by atoms with Gasteiger partial charge in [-0.05, 0) is 206 Å². The summed E-state index contributed by atoms with van der Waals surface area (Å²) in [4.78, 5) is 62.4. The van der Waals surface area contributed by atoms with Crippen molar-refractivity contribution >= 4 is 130 Å². The summed E-state index contributed by atoms with van der Waals surface area (Å²) < 4.78 is 0. The molecule has 138 heavy (non-hydrogen) atoms. The summed E-state index contributed by atoms with van der Waals surface area (Å²) in [7, 11) is 0. The third-order valence-electron chi connectivity index (χ3n) is 26.2. The van der Waals surface area contributed by atoms with E-state index in [0.717, 1.165) is 199 Å². The molecule has 0 bridgehead atoms. The molecule has 13 heteroatoms. The summed E-state index contributed by atoms with van der Waals surface area (Å²) in [5.41, 5.74) is 27.7. The van der Waals surface area contributed by atoms with Gasteiger partial charge in [0.15, 0.2) is 17.5 Å². The van der Waals surface area contributed by atoms with E-state index in [1.165, 1.54) is 48.5 Å². The highest BCUT2D eigenvalue weighted by molar-refractivity contribution is 6.31. The van der Waals surface area contributed by atoms with Gasteiger partial charge in [-0.15, -0.1) is 0 Å². The Labute approximate surface area is 792 Å². The number of fused-ring (bicyclic) bond motifs is 21. The van der Waals surface area contributed by atoms with Crippen molar-refractivity contribution in [2.24, 2.45) is 0 Å². The van der Waals surface area contributed by atoms with Gasteiger partial charge in [0.1, 0.15) is 0 Å². The van der Waals surface area contributed by atoms with Crippen molar-refractivity contribution in [2.75, 3.05) is 0 Å². The molecule has 0 atom stereocenters. The van der Waals surface area contributed by atoms with E-state index < -0.39 is 0 Å². The van der Waals surface area contributed by atoms with Crippen LogP contribution in [0.3, 0.4) is 0 Å². The molecule has 0 saturated heterocycles. The molecule has 0 spiro atoms. The quantitative estimate of drug-likeness (QED) is 0.106. The summed E-state index contributed by atoms with van der Waals surface area (Å²) >= 11 is 0. The van der Waals surface area contributed by atoms with Gasteiger partial charge in [0, 0.05) is 176 Å². The van der Waals surface area contributed by atoms with Gasteiger partial charge >= 0.3 is 0 Å². The molecule has 0 saturated carbocycles. The number of benzene rings is 16. The van der Waals surface area contributed by atoms with E-state index in [-0.39, 0.29) is 0 Å². The lowest BCUT2D eigenvalue weighted by Crippen LogP contribution is -2.00. The molecule has 11 aromatic heterocycles. The number of pyridine rings is 10. The highest BCUT2D eigenvalue weighted by atomic mass is 15.0. The van der Waals surface area contributed by atoms with Crippen LogP contribution in [0.4, 0.5) is 0 Å². The first-order valence-corrected chi connectivity index (χ1v) is 46.0. The minimum atomic E-state index is 0.626. The van der Waals surface area contributed by atoms with E-state index >= 15 is 0 Å². The van der Waals surface area contributed by atoms with Crippen LogP contribution in [0.15, 0.2) is 468 Å². The Balaban J connectivity index is 0.000000110. The highest BCUT2D eigenvalue weighted by Gasteiger charge is 2.23. The van der Waals surface area contributed by atoms with Crippen LogP contribution in [0.25, 0.3) is 265 Å². The number of hydrogen-bond donors (Lipinski definition) is 0. The monoisotopic (exact) mass is 1760 g/mol. The van der Waals surface area contributed by atoms with E-state index in [0.29, 0.717) is 17.5 Å². The van der Waals surface area contributed by atoms with Gasteiger partial charge in [0.2, 0.25) is 0 Å². The molecular weight excluding hydrogens is 1680 g/mol. The average molecular weight is 1760 g/mol. The minimum Gasteiger partial charge on any atom is -0.265 e. The second-order valence-electron chi connectivity index (χ2n) is 34.4. The molecular formula is C125H77N13. The van der Waals surface area contributed by atoms with Crippen molar-refractivity contribution in [2.45, 2.75) is 0 Å². The van der Waals surface area contributed by atoms with Crippen molar-refractivity contribution in [3.63, 3.8) is 0 Å². The van der Waals surface area contributed by atoms with Crippen molar-refractivity contribution in [3.8, 4) is 135 Å². The Hall–Kier alpha value is -18.9. The maximum absolute atomic E-state index is 5.24. The predicted molar refractivity (Wildman–Crippen MR) is 566 cm³/mol. The smallest absolute Gasteiger partial charge is 0.164 e. The van der Waals surface area contributed by atoms with Crippen LogP contribution in [0.2, 0.25) is 0 Å². The van der Waals surface area contributed by atoms with E-state index in [1.807, 2.05) is 165 Å². The van der Waals surface area contributed by atoms with Crippen LogP contribution in [0.1, 0.15) is 0 Å². The minimum absolute atomic E-state index is 0.626. The largest absolute Gasteiger partial charge is 0.265 e. The third kappa shape index (κ3) is 15.1. The van der Waals surface area contributed by atoms with E-state index in [2.05, 4.69) is 328 Å². The second kappa shape index (κ2) is 35.0.